The molecule has 3 fully saturated rings. The molecule has 1 saturated carbocycles. The Balaban J connectivity index is 1.47. The molecule has 0 aromatic heterocycles. The molecule has 1 aromatic rings. The van der Waals surface area contributed by atoms with Gasteiger partial charge in [0.25, 0.3) is 5.91 Å². The third-order valence-electron chi connectivity index (χ3n) is 5.45. The number of fused-ring (bicyclic) bond motifs is 1. The minimum atomic E-state index is 0.0818. The highest BCUT2D eigenvalue weighted by Crippen LogP contribution is 2.39. The Hall–Kier alpha value is -2.04. The van der Waals surface area contributed by atoms with Gasteiger partial charge in [0.2, 0.25) is 5.91 Å². The maximum absolute atomic E-state index is 12.7. The van der Waals surface area contributed by atoms with Gasteiger partial charge in [0.05, 0.1) is 0 Å². The fourth-order valence-electron chi connectivity index (χ4n) is 4.11. The van der Waals surface area contributed by atoms with Crippen LogP contribution in [0.2, 0.25) is 0 Å². The SMILES string of the molecule is Nc1ccc(C(=O)N2CCC3C(CCC(=O)N3C3CC3)C2)cc1. The van der Waals surface area contributed by atoms with Crippen molar-refractivity contribution < 1.29 is 9.59 Å². The van der Waals surface area contributed by atoms with E-state index in [1.54, 1.807) is 24.3 Å². The summed E-state index contributed by atoms with van der Waals surface area (Å²) in [7, 11) is 0. The smallest absolute Gasteiger partial charge is 0.253 e. The molecular formula is C18H23N3O2. The average molecular weight is 313 g/mol. The van der Waals surface area contributed by atoms with Gasteiger partial charge in [-0.2, -0.15) is 0 Å². The van der Waals surface area contributed by atoms with Crippen LogP contribution in [0.5, 0.6) is 0 Å². The number of rotatable bonds is 2. The Morgan fingerprint density at radius 1 is 1.09 bits per heavy atom. The molecule has 23 heavy (non-hydrogen) atoms. The average Bonchev–Trinajstić information content (AvgIpc) is 3.39. The van der Waals surface area contributed by atoms with E-state index in [0.29, 0.717) is 41.6 Å². The van der Waals surface area contributed by atoms with Crippen LogP contribution in [0.15, 0.2) is 24.3 Å². The predicted molar refractivity (Wildman–Crippen MR) is 87.8 cm³/mol. The second-order valence-electron chi connectivity index (χ2n) is 7.06. The second kappa shape index (κ2) is 5.55. The van der Waals surface area contributed by atoms with Crippen molar-refractivity contribution in [3.8, 4) is 0 Å². The summed E-state index contributed by atoms with van der Waals surface area (Å²) in [5.74, 6) is 0.838. The monoisotopic (exact) mass is 313 g/mol. The molecule has 2 atom stereocenters. The number of anilines is 1. The quantitative estimate of drug-likeness (QED) is 0.848. The molecule has 3 aliphatic rings. The summed E-state index contributed by atoms with van der Waals surface area (Å²) >= 11 is 0. The van der Waals surface area contributed by atoms with E-state index >= 15 is 0 Å². The summed E-state index contributed by atoms with van der Waals surface area (Å²) in [4.78, 5) is 29.0. The van der Waals surface area contributed by atoms with Gasteiger partial charge in [0, 0.05) is 42.8 Å². The number of amides is 2. The largest absolute Gasteiger partial charge is 0.399 e. The van der Waals surface area contributed by atoms with Gasteiger partial charge in [0.15, 0.2) is 0 Å². The lowest BCUT2D eigenvalue weighted by molar-refractivity contribution is -0.141. The maximum atomic E-state index is 12.7. The van der Waals surface area contributed by atoms with Gasteiger partial charge in [-0.1, -0.05) is 0 Å². The fraction of sp³-hybridized carbons (Fsp3) is 0.556. The van der Waals surface area contributed by atoms with Crippen LogP contribution in [0.3, 0.4) is 0 Å². The summed E-state index contributed by atoms with van der Waals surface area (Å²) in [6, 6.07) is 7.96. The van der Waals surface area contributed by atoms with Crippen LogP contribution >= 0.6 is 0 Å². The van der Waals surface area contributed by atoms with Crippen molar-refractivity contribution in [2.24, 2.45) is 5.92 Å². The first-order valence-corrected chi connectivity index (χ1v) is 8.59. The van der Waals surface area contributed by atoms with Crippen molar-refractivity contribution >= 4 is 17.5 Å². The molecule has 122 valence electrons. The van der Waals surface area contributed by atoms with Gasteiger partial charge in [-0.05, 0) is 55.9 Å². The second-order valence-corrected chi connectivity index (χ2v) is 7.06. The van der Waals surface area contributed by atoms with Crippen LogP contribution in [0.4, 0.5) is 5.69 Å². The highest BCUT2D eigenvalue weighted by atomic mass is 16.2. The number of carbonyl (C=O) groups is 2. The number of carbonyl (C=O) groups excluding carboxylic acids is 2. The Labute approximate surface area is 136 Å². The first-order chi connectivity index (χ1) is 11.1. The lowest BCUT2D eigenvalue weighted by Gasteiger charge is -2.47. The number of hydrogen-bond donors (Lipinski definition) is 1. The van der Waals surface area contributed by atoms with Crippen molar-refractivity contribution in [2.45, 2.75) is 44.2 Å². The van der Waals surface area contributed by atoms with Crippen LogP contribution in [-0.4, -0.2) is 46.8 Å². The minimum absolute atomic E-state index is 0.0818. The van der Waals surface area contributed by atoms with E-state index in [4.69, 9.17) is 5.73 Å². The summed E-state index contributed by atoms with van der Waals surface area (Å²) < 4.78 is 0. The third-order valence-corrected chi connectivity index (χ3v) is 5.45. The molecule has 2 heterocycles. The fourth-order valence-corrected chi connectivity index (χ4v) is 4.11. The van der Waals surface area contributed by atoms with Crippen molar-refractivity contribution in [2.75, 3.05) is 18.8 Å². The molecule has 0 spiro atoms. The highest BCUT2D eigenvalue weighted by Gasteiger charge is 2.45. The first kappa shape index (κ1) is 14.5. The number of nitrogens with two attached hydrogens (primary N) is 1. The summed E-state index contributed by atoms with van der Waals surface area (Å²) in [6.07, 6.45) is 4.78. The zero-order valence-electron chi connectivity index (χ0n) is 13.3. The van der Waals surface area contributed by atoms with E-state index in [-0.39, 0.29) is 5.91 Å². The first-order valence-electron chi connectivity index (χ1n) is 8.59. The molecule has 2 amide bonds. The standard InChI is InChI=1S/C18H23N3O2/c19-14-4-1-12(2-5-14)18(23)20-10-9-16-13(11-20)3-8-17(22)21(16)15-6-7-15/h1-2,4-5,13,15-16H,3,6-11,19H2. The molecule has 5 heteroatoms. The van der Waals surface area contributed by atoms with Crippen LogP contribution in [0.25, 0.3) is 0 Å². The van der Waals surface area contributed by atoms with Crippen LogP contribution in [-0.2, 0) is 4.79 Å². The Bertz CT molecular complexity index is 624. The van der Waals surface area contributed by atoms with Gasteiger partial charge in [-0.25, -0.2) is 0 Å². The normalized spacial score (nSPS) is 27.7. The van der Waals surface area contributed by atoms with Crippen molar-refractivity contribution in [3.63, 3.8) is 0 Å². The predicted octanol–water partition coefficient (Wildman–Crippen LogP) is 1.88. The van der Waals surface area contributed by atoms with Gasteiger partial charge in [-0.3, -0.25) is 9.59 Å². The van der Waals surface area contributed by atoms with Gasteiger partial charge < -0.3 is 15.5 Å². The molecule has 1 aliphatic carbocycles. The number of nitrogen functional groups attached to an aromatic ring is 1. The van der Waals surface area contributed by atoms with Crippen LogP contribution < -0.4 is 5.73 Å². The van der Waals surface area contributed by atoms with E-state index in [2.05, 4.69) is 4.90 Å². The van der Waals surface area contributed by atoms with E-state index in [9.17, 15) is 9.59 Å². The van der Waals surface area contributed by atoms with Crippen LogP contribution in [0, 0.1) is 5.92 Å². The molecule has 0 radical (unpaired) electrons. The molecule has 2 unspecified atom stereocenters. The molecule has 0 bridgehead atoms. The molecule has 2 aliphatic heterocycles. The number of hydrogen-bond acceptors (Lipinski definition) is 3. The summed E-state index contributed by atoms with van der Waals surface area (Å²) in [5.41, 5.74) is 7.06. The lowest BCUT2D eigenvalue weighted by atomic mass is 9.83. The Morgan fingerprint density at radius 3 is 2.52 bits per heavy atom. The van der Waals surface area contributed by atoms with Crippen LogP contribution in [0.1, 0.15) is 42.5 Å². The number of likely N-dealkylation sites (tertiary alicyclic amines) is 2. The minimum Gasteiger partial charge on any atom is -0.399 e. The number of nitrogens with zero attached hydrogens (tertiary/aromatic N) is 2. The Kier molecular flexibility index (Phi) is 3.51. The molecular weight excluding hydrogens is 290 g/mol. The van der Waals surface area contributed by atoms with E-state index in [1.165, 1.54) is 0 Å². The van der Waals surface area contributed by atoms with Gasteiger partial charge in [0.1, 0.15) is 0 Å². The Morgan fingerprint density at radius 2 is 1.83 bits per heavy atom. The lowest BCUT2D eigenvalue weighted by Crippen LogP contribution is -2.57. The number of benzene rings is 1. The zero-order chi connectivity index (χ0) is 16.0. The highest BCUT2D eigenvalue weighted by molar-refractivity contribution is 5.94. The summed E-state index contributed by atoms with van der Waals surface area (Å²) in [5, 5.41) is 0. The molecule has 2 saturated heterocycles. The molecule has 5 nitrogen and oxygen atoms in total. The zero-order valence-corrected chi connectivity index (χ0v) is 13.3. The third kappa shape index (κ3) is 2.69. The van der Waals surface area contributed by atoms with Crippen molar-refractivity contribution in [1.82, 2.24) is 9.80 Å². The topological polar surface area (TPSA) is 66.6 Å². The van der Waals surface area contributed by atoms with Crippen molar-refractivity contribution in [1.29, 1.82) is 0 Å². The van der Waals surface area contributed by atoms with E-state index in [1.807, 2.05) is 4.90 Å². The molecule has 1 aromatic carbocycles. The van der Waals surface area contributed by atoms with E-state index < -0.39 is 0 Å². The number of piperidine rings is 2. The van der Waals surface area contributed by atoms with Crippen molar-refractivity contribution in [3.05, 3.63) is 29.8 Å². The molecule has 2 N–H and O–H groups in total. The summed E-state index contributed by atoms with van der Waals surface area (Å²) in [6.45, 7) is 1.51. The van der Waals surface area contributed by atoms with Gasteiger partial charge >= 0.3 is 0 Å². The molecule has 4 rings (SSSR count). The van der Waals surface area contributed by atoms with Gasteiger partial charge in [-0.15, -0.1) is 0 Å². The maximum Gasteiger partial charge on any atom is 0.253 e. The van der Waals surface area contributed by atoms with E-state index in [0.717, 1.165) is 38.8 Å².